The number of aryl methyl sites for hydroxylation is 2. The minimum Gasteiger partial charge on any atom is -0.378 e. The van der Waals surface area contributed by atoms with Crippen LogP contribution in [0.25, 0.3) is 0 Å². The Labute approximate surface area is 144 Å². The number of carbonyl (C=O) groups is 1. The SMILES string of the molecule is CO[C@]1(C)C[C@H](N(C)C(=O)N[C@@H](C)Cc2c(C)noc2C)C1(C)C. The van der Waals surface area contributed by atoms with Crippen LogP contribution in [-0.4, -0.2) is 47.9 Å². The molecule has 0 unspecified atom stereocenters. The van der Waals surface area contributed by atoms with Crippen molar-refractivity contribution in [3.8, 4) is 0 Å². The maximum Gasteiger partial charge on any atom is 0.317 e. The Morgan fingerprint density at radius 2 is 2.08 bits per heavy atom. The summed E-state index contributed by atoms with van der Waals surface area (Å²) in [5, 5.41) is 7.05. The number of aromatic nitrogens is 1. The molecule has 1 aliphatic carbocycles. The number of carbonyl (C=O) groups excluding carboxylic acids is 1. The maximum atomic E-state index is 12.6. The van der Waals surface area contributed by atoms with Gasteiger partial charge >= 0.3 is 6.03 Å². The van der Waals surface area contributed by atoms with Gasteiger partial charge in [0.2, 0.25) is 0 Å². The number of hydrogen-bond donors (Lipinski definition) is 1. The Bertz CT molecular complexity index is 591. The molecular formula is C18H31N3O3. The fourth-order valence-corrected chi connectivity index (χ4v) is 3.68. The van der Waals surface area contributed by atoms with Gasteiger partial charge in [-0.25, -0.2) is 4.79 Å². The van der Waals surface area contributed by atoms with Crippen molar-refractivity contribution in [2.45, 2.75) is 72.1 Å². The molecule has 6 heteroatoms. The van der Waals surface area contributed by atoms with Crippen molar-refractivity contribution in [2.24, 2.45) is 5.41 Å². The number of hydrogen-bond acceptors (Lipinski definition) is 4. The van der Waals surface area contributed by atoms with Gasteiger partial charge < -0.3 is 19.5 Å². The van der Waals surface area contributed by atoms with Crippen LogP contribution in [0.2, 0.25) is 0 Å². The van der Waals surface area contributed by atoms with Gasteiger partial charge in [0.05, 0.1) is 11.3 Å². The second kappa shape index (κ2) is 6.39. The normalized spacial score (nSPS) is 26.6. The largest absolute Gasteiger partial charge is 0.378 e. The summed E-state index contributed by atoms with van der Waals surface area (Å²) >= 11 is 0. The molecule has 136 valence electrons. The molecule has 2 rings (SSSR count). The molecule has 2 amide bonds. The fraction of sp³-hybridized carbons (Fsp3) is 0.778. The minimum atomic E-state index is -0.186. The molecule has 0 aromatic carbocycles. The fourth-order valence-electron chi connectivity index (χ4n) is 3.68. The van der Waals surface area contributed by atoms with Crippen molar-refractivity contribution in [1.29, 1.82) is 0 Å². The van der Waals surface area contributed by atoms with E-state index in [4.69, 9.17) is 9.26 Å². The first-order valence-electron chi connectivity index (χ1n) is 8.53. The number of nitrogens with zero attached hydrogens (tertiary/aromatic N) is 2. The summed E-state index contributed by atoms with van der Waals surface area (Å²) in [6, 6.07) is 0.118. The van der Waals surface area contributed by atoms with Crippen LogP contribution in [0.4, 0.5) is 4.79 Å². The summed E-state index contributed by atoms with van der Waals surface area (Å²) in [7, 11) is 3.60. The van der Waals surface area contributed by atoms with Gasteiger partial charge in [-0.3, -0.25) is 0 Å². The summed E-state index contributed by atoms with van der Waals surface area (Å²) in [6.45, 7) is 12.2. The minimum absolute atomic E-state index is 0.00810. The average Bonchev–Trinajstić information content (AvgIpc) is 2.83. The second-order valence-corrected chi connectivity index (χ2v) is 7.84. The van der Waals surface area contributed by atoms with E-state index in [2.05, 4.69) is 31.2 Å². The number of urea groups is 1. The Morgan fingerprint density at radius 1 is 1.46 bits per heavy atom. The lowest BCUT2D eigenvalue weighted by atomic mass is 9.55. The predicted octanol–water partition coefficient (Wildman–Crippen LogP) is 3.07. The number of amides is 2. The smallest absolute Gasteiger partial charge is 0.317 e. The van der Waals surface area contributed by atoms with Crippen molar-refractivity contribution in [3.05, 3.63) is 17.0 Å². The van der Waals surface area contributed by atoms with Crippen molar-refractivity contribution < 1.29 is 14.1 Å². The molecule has 1 saturated carbocycles. The van der Waals surface area contributed by atoms with E-state index in [0.717, 1.165) is 23.4 Å². The van der Waals surface area contributed by atoms with Gasteiger partial charge in [-0.2, -0.15) is 0 Å². The molecule has 1 N–H and O–H groups in total. The molecular weight excluding hydrogens is 306 g/mol. The molecule has 1 fully saturated rings. The van der Waals surface area contributed by atoms with Crippen molar-refractivity contribution in [1.82, 2.24) is 15.4 Å². The van der Waals surface area contributed by atoms with Gasteiger partial charge in [0, 0.05) is 37.2 Å². The van der Waals surface area contributed by atoms with Crippen LogP contribution in [0, 0.1) is 19.3 Å². The summed E-state index contributed by atoms with van der Waals surface area (Å²) in [4.78, 5) is 14.4. The number of methoxy groups -OCH3 is 1. The predicted molar refractivity (Wildman–Crippen MR) is 93.0 cm³/mol. The third-order valence-electron chi connectivity index (χ3n) is 6.08. The first-order chi connectivity index (χ1) is 11.0. The quantitative estimate of drug-likeness (QED) is 0.896. The molecule has 1 aromatic heterocycles. The van der Waals surface area contributed by atoms with E-state index in [1.807, 2.05) is 32.7 Å². The highest BCUT2D eigenvalue weighted by molar-refractivity contribution is 5.75. The average molecular weight is 337 g/mol. The van der Waals surface area contributed by atoms with Crippen molar-refractivity contribution in [2.75, 3.05) is 14.2 Å². The molecule has 1 heterocycles. The van der Waals surface area contributed by atoms with Crippen LogP contribution < -0.4 is 5.32 Å². The third kappa shape index (κ3) is 3.04. The van der Waals surface area contributed by atoms with Crippen molar-refractivity contribution in [3.63, 3.8) is 0 Å². The molecule has 1 aliphatic rings. The van der Waals surface area contributed by atoms with Crippen molar-refractivity contribution >= 4 is 6.03 Å². The highest BCUT2D eigenvalue weighted by Gasteiger charge is 2.59. The summed E-state index contributed by atoms with van der Waals surface area (Å²) in [5.74, 6) is 0.818. The molecule has 24 heavy (non-hydrogen) atoms. The van der Waals surface area contributed by atoms with E-state index < -0.39 is 0 Å². The monoisotopic (exact) mass is 337 g/mol. The van der Waals surface area contributed by atoms with Gasteiger partial charge in [-0.1, -0.05) is 19.0 Å². The Kier molecular flexibility index (Phi) is 5.00. The summed E-state index contributed by atoms with van der Waals surface area (Å²) in [6.07, 6.45) is 1.56. The number of ether oxygens (including phenoxy) is 1. The topological polar surface area (TPSA) is 67.6 Å². The summed E-state index contributed by atoms with van der Waals surface area (Å²) < 4.78 is 10.8. The zero-order chi connectivity index (χ0) is 18.3. The van der Waals surface area contributed by atoms with Gasteiger partial charge in [0.1, 0.15) is 5.76 Å². The molecule has 3 atom stereocenters. The molecule has 0 saturated heterocycles. The Morgan fingerprint density at radius 3 is 2.54 bits per heavy atom. The molecule has 6 nitrogen and oxygen atoms in total. The first kappa shape index (κ1) is 18.8. The van der Waals surface area contributed by atoms with Gasteiger partial charge in [0.25, 0.3) is 0 Å². The Balaban J connectivity index is 1.95. The lowest BCUT2D eigenvalue weighted by molar-refractivity contribution is -0.198. The molecule has 0 spiro atoms. The first-order valence-corrected chi connectivity index (χ1v) is 8.53. The van der Waals surface area contributed by atoms with Crippen LogP contribution in [0.1, 0.15) is 51.1 Å². The van der Waals surface area contributed by atoms with Gasteiger partial charge in [-0.05, 0) is 40.5 Å². The standard InChI is InChI=1S/C18H31N3O3/c1-11(9-14-12(2)20-24-13(14)3)19-16(22)21(7)15-10-18(6,23-8)17(15,4)5/h11,15H,9-10H2,1-8H3,(H,19,22)/t11-,15-,18+/m0/s1. The molecule has 1 aromatic rings. The van der Waals surface area contributed by atoms with Crippen LogP contribution in [0.15, 0.2) is 4.52 Å². The van der Waals surface area contributed by atoms with Crippen LogP contribution in [0.5, 0.6) is 0 Å². The van der Waals surface area contributed by atoms with Crippen LogP contribution >= 0.6 is 0 Å². The van der Waals surface area contributed by atoms with Crippen LogP contribution in [0.3, 0.4) is 0 Å². The second-order valence-electron chi connectivity index (χ2n) is 7.84. The van der Waals surface area contributed by atoms with E-state index in [1.165, 1.54) is 0 Å². The Hall–Kier alpha value is -1.56. The van der Waals surface area contributed by atoms with E-state index in [1.54, 1.807) is 7.11 Å². The summed E-state index contributed by atoms with van der Waals surface area (Å²) in [5.41, 5.74) is 1.69. The molecule has 0 bridgehead atoms. The maximum absolute atomic E-state index is 12.6. The van der Waals surface area contributed by atoms with Gasteiger partial charge in [0.15, 0.2) is 0 Å². The van der Waals surface area contributed by atoms with Crippen LogP contribution in [-0.2, 0) is 11.2 Å². The lowest BCUT2D eigenvalue weighted by Gasteiger charge is -2.61. The van der Waals surface area contributed by atoms with E-state index in [0.29, 0.717) is 6.42 Å². The third-order valence-corrected chi connectivity index (χ3v) is 6.08. The zero-order valence-electron chi connectivity index (χ0n) is 16.2. The van der Waals surface area contributed by atoms with E-state index in [-0.39, 0.29) is 29.1 Å². The zero-order valence-corrected chi connectivity index (χ0v) is 16.2. The molecule has 0 radical (unpaired) electrons. The highest BCUT2D eigenvalue weighted by atomic mass is 16.5. The van der Waals surface area contributed by atoms with E-state index >= 15 is 0 Å². The molecule has 0 aliphatic heterocycles. The lowest BCUT2D eigenvalue weighted by Crippen LogP contribution is -2.69. The number of nitrogens with one attached hydrogen (secondary N) is 1. The van der Waals surface area contributed by atoms with Gasteiger partial charge in [-0.15, -0.1) is 0 Å². The number of rotatable bonds is 5. The van der Waals surface area contributed by atoms with E-state index in [9.17, 15) is 4.79 Å². The highest BCUT2D eigenvalue weighted by Crippen LogP contribution is 2.53.